The Morgan fingerprint density at radius 1 is 1.04 bits per heavy atom. The number of rotatable bonds is 4. The van der Waals surface area contributed by atoms with Crippen molar-refractivity contribution in [2.75, 3.05) is 30.4 Å². The molecule has 1 N–H and O–H groups in total. The lowest BCUT2D eigenvalue weighted by Crippen LogP contribution is -2.29. The minimum absolute atomic E-state index is 0.191. The number of para-hydroxylation sites is 1. The van der Waals surface area contributed by atoms with Crippen LogP contribution in [-0.2, 0) is 0 Å². The number of carbonyl (C=O) groups is 1. The number of amides is 1. The summed E-state index contributed by atoms with van der Waals surface area (Å²) < 4.78 is 5.31. The fourth-order valence-corrected chi connectivity index (χ4v) is 3.72. The van der Waals surface area contributed by atoms with Gasteiger partial charge in [0, 0.05) is 41.9 Å². The Bertz CT molecular complexity index is 965. The Balaban J connectivity index is 1.69. The van der Waals surface area contributed by atoms with Gasteiger partial charge in [-0.25, -0.2) is 0 Å². The highest BCUT2D eigenvalue weighted by Crippen LogP contribution is 2.33. The zero-order chi connectivity index (χ0) is 18.6. The van der Waals surface area contributed by atoms with Crippen LogP contribution in [0, 0.1) is 0 Å². The third-order valence-electron chi connectivity index (χ3n) is 5.09. The number of ether oxygens (including phenoxy) is 1. The molecule has 1 fully saturated rings. The molecule has 5 heteroatoms. The smallest absolute Gasteiger partial charge is 0.259 e. The maximum Gasteiger partial charge on any atom is 0.259 e. The summed E-state index contributed by atoms with van der Waals surface area (Å²) in [4.78, 5) is 19.5. The molecule has 0 bridgehead atoms. The third kappa shape index (κ3) is 3.45. The first kappa shape index (κ1) is 17.3. The Morgan fingerprint density at radius 3 is 2.67 bits per heavy atom. The molecule has 138 valence electrons. The lowest BCUT2D eigenvalue weighted by molar-refractivity contribution is 0.102. The van der Waals surface area contributed by atoms with Gasteiger partial charge in [-0.2, -0.15) is 0 Å². The SMILES string of the molecule is COc1ccccc1C(=O)Nc1ccc(N2CCCCC2)c2ccncc12. The quantitative estimate of drug-likeness (QED) is 0.744. The van der Waals surface area contributed by atoms with E-state index in [4.69, 9.17) is 4.74 Å². The number of nitrogens with zero attached hydrogens (tertiary/aromatic N) is 2. The zero-order valence-electron chi connectivity index (χ0n) is 15.4. The molecule has 4 rings (SSSR count). The topological polar surface area (TPSA) is 54.5 Å². The summed E-state index contributed by atoms with van der Waals surface area (Å²) in [6, 6.07) is 13.3. The van der Waals surface area contributed by atoms with E-state index in [1.165, 1.54) is 24.9 Å². The molecule has 1 aromatic heterocycles. The van der Waals surface area contributed by atoms with Crippen molar-refractivity contribution in [3.63, 3.8) is 0 Å². The Hall–Kier alpha value is -3.08. The number of aromatic nitrogens is 1. The molecule has 2 heterocycles. The number of methoxy groups -OCH3 is 1. The van der Waals surface area contributed by atoms with Crippen LogP contribution in [0.1, 0.15) is 29.6 Å². The minimum Gasteiger partial charge on any atom is -0.496 e. The van der Waals surface area contributed by atoms with E-state index < -0.39 is 0 Å². The van der Waals surface area contributed by atoms with E-state index >= 15 is 0 Å². The maximum atomic E-state index is 12.8. The highest BCUT2D eigenvalue weighted by molar-refractivity contribution is 6.12. The highest BCUT2D eigenvalue weighted by atomic mass is 16.5. The van der Waals surface area contributed by atoms with Gasteiger partial charge < -0.3 is 15.0 Å². The van der Waals surface area contributed by atoms with Gasteiger partial charge in [0.15, 0.2) is 0 Å². The molecule has 0 aliphatic carbocycles. The first-order chi connectivity index (χ1) is 13.3. The Labute approximate surface area is 159 Å². The first-order valence-corrected chi connectivity index (χ1v) is 9.34. The standard InChI is InChI=1S/C22H23N3O2/c1-27-21-8-4-3-7-17(21)22(26)24-19-9-10-20(25-13-5-2-6-14-25)16-11-12-23-15-18(16)19/h3-4,7-12,15H,2,5-6,13-14H2,1H3,(H,24,26). The molecular formula is C22H23N3O2. The van der Waals surface area contributed by atoms with Crippen LogP contribution in [0.3, 0.4) is 0 Å². The number of carbonyl (C=O) groups excluding carboxylic acids is 1. The number of hydrogen-bond donors (Lipinski definition) is 1. The molecule has 1 amide bonds. The van der Waals surface area contributed by atoms with Crippen LogP contribution in [0.2, 0.25) is 0 Å². The largest absolute Gasteiger partial charge is 0.496 e. The molecule has 1 saturated heterocycles. The molecule has 3 aromatic rings. The van der Waals surface area contributed by atoms with Crippen molar-refractivity contribution < 1.29 is 9.53 Å². The second-order valence-corrected chi connectivity index (χ2v) is 6.76. The molecule has 27 heavy (non-hydrogen) atoms. The molecule has 1 aliphatic heterocycles. The van der Waals surface area contributed by atoms with Gasteiger partial charge in [-0.3, -0.25) is 9.78 Å². The Kier molecular flexibility index (Phi) is 4.92. The predicted octanol–water partition coefficient (Wildman–Crippen LogP) is 4.49. The van der Waals surface area contributed by atoms with Gasteiger partial charge in [0.05, 0.1) is 18.4 Å². The van der Waals surface area contributed by atoms with Gasteiger partial charge in [-0.05, 0) is 49.6 Å². The van der Waals surface area contributed by atoms with E-state index in [2.05, 4.69) is 21.3 Å². The first-order valence-electron chi connectivity index (χ1n) is 9.34. The zero-order valence-corrected chi connectivity index (χ0v) is 15.4. The van der Waals surface area contributed by atoms with E-state index in [0.717, 1.165) is 29.5 Å². The van der Waals surface area contributed by atoms with Crippen molar-refractivity contribution in [2.24, 2.45) is 0 Å². The number of hydrogen-bond acceptors (Lipinski definition) is 4. The van der Waals surface area contributed by atoms with Crippen LogP contribution in [0.4, 0.5) is 11.4 Å². The van der Waals surface area contributed by atoms with Gasteiger partial charge in [0.2, 0.25) is 0 Å². The van der Waals surface area contributed by atoms with Gasteiger partial charge in [0.25, 0.3) is 5.91 Å². The summed E-state index contributed by atoms with van der Waals surface area (Å²) in [7, 11) is 1.57. The fraction of sp³-hybridized carbons (Fsp3) is 0.273. The number of anilines is 2. The third-order valence-corrected chi connectivity index (χ3v) is 5.09. The second-order valence-electron chi connectivity index (χ2n) is 6.76. The van der Waals surface area contributed by atoms with Gasteiger partial charge >= 0.3 is 0 Å². The van der Waals surface area contributed by atoms with Crippen molar-refractivity contribution in [1.82, 2.24) is 4.98 Å². The minimum atomic E-state index is -0.191. The monoisotopic (exact) mass is 361 g/mol. The van der Waals surface area contributed by atoms with Crippen LogP contribution >= 0.6 is 0 Å². The van der Waals surface area contributed by atoms with E-state index in [1.807, 2.05) is 36.7 Å². The molecule has 0 saturated carbocycles. The van der Waals surface area contributed by atoms with Crippen molar-refractivity contribution in [3.05, 3.63) is 60.4 Å². The number of piperidine rings is 1. The van der Waals surface area contributed by atoms with Crippen LogP contribution in [0.5, 0.6) is 5.75 Å². The number of pyridine rings is 1. The Morgan fingerprint density at radius 2 is 1.85 bits per heavy atom. The summed E-state index contributed by atoms with van der Waals surface area (Å²) in [5.74, 6) is 0.366. The van der Waals surface area contributed by atoms with Crippen LogP contribution in [0.25, 0.3) is 10.8 Å². The molecule has 5 nitrogen and oxygen atoms in total. The summed E-state index contributed by atoms with van der Waals surface area (Å²) in [6.07, 6.45) is 7.36. The van der Waals surface area contributed by atoms with Crippen molar-refractivity contribution in [1.29, 1.82) is 0 Å². The predicted molar refractivity (Wildman–Crippen MR) is 109 cm³/mol. The van der Waals surface area contributed by atoms with E-state index in [-0.39, 0.29) is 5.91 Å². The van der Waals surface area contributed by atoms with Crippen LogP contribution in [0.15, 0.2) is 54.9 Å². The lowest BCUT2D eigenvalue weighted by Gasteiger charge is -2.30. The van der Waals surface area contributed by atoms with Crippen LogP contribution in [-0.4, -0.2) is 31.1 Å². The van der Waals surface area contributed by atoms with E-state index in [0.29, 0.717) is 11.3 Å². The molecule has 0 radical (unpaired) electrons. The second kappa shape index (κ2) is 7.66. The maximum absolute atomic E-state index is 12.8. The van der Waals surface area contributed by atoms with Gasteiger partial charge in [-0.15, -0.1) is 0 Å². The molecular weight excluding hydrogens is 338 g/mol. The normalized spacial score (nSPS) is 14.2. The number of nitrogens with one attached hydrogen (secondary N) is 1. The van der Waals surface area contributed by atoms with Gasteiger partial charge in [-0.1, -0.05) is 12.1 Å². The summed E-state index contributed by atoms with van der Waals surface area (Å²) in [6.45, 7) is 2.15. The summed E-state index contributed by atoms with van der Waals surface area (Å²) >= 11 is 0. The molecule has 0 unspecified atom stereocenters. The molecule has 2 aromatic carbocycles. The summed E-state index contributed by atoms with van der Waals surface area (Å²) in [5, 5.41) is 5.09. The van der Waals surface area contributed by atoms with E-state index in [9.17, 15) is 4.79 Å². The van der Waals surface area contributed by atoms with Crippen molar-refractivity contribution in [2.45, 2.75) is 19.3 Å². The van der Waals surface area contributed by atoms with Crippen molar-refractivity contribution in [3.8, 4) is 5.75 Å². The molecule has 0 spiro atoms. The fourth-order valence-electron chi connectivity index (χ4n) is 3.72. The molecule has 1 aliphatic rings. The van der Waals surface area contributed by atoms with Crippen molar-refractivity contribution >= 4 is 28.1 Å². The van der Waals surface area contributed by atoms with E-state index in [1.54, 1.807) is 19.2 Å². The number of benzene rings is 2. The number of fused-ring (bicyclic) bond motifs is 1. The lowest BCUT2D eigenvalue weighted by atomic mass is 10.0. The molecule has 0 atom stereocenters. The van der Waals surface area contributed by atoms with Crippen LogP contribution < -0.4 is 15.0 Å². The summed E-state index contributed by atoms with van der Waals surface area (Å²) in [5.41, 5.74) is 2.48. The van der Waals surface area contributed by atoms with Gasteiger partial charge in [0.1, 0.15) is 5.75 Å². The highest BCUT2D eigenvalue weighted by Gasteiger charge is 2.17. The average molecular weight is 361 g/mol. The average Bonchev–Trinajstić information content (AvgIpc) is 2.74.